The number of hydrogen-bond donors (Lipinski definition) is 1. The number of H-pyrrole nitrogens is 1. The number of hydrogen-bond acceptors (Lipinski definition) is 2. The van der Waals surface area contributed by atoms with Gasteiger partial charge in [-0.3, -0.25) is 4.79 Å². The summed E-state index contributed by atoms with van der Waals surface area (Å²) in [5.41, 5.74) is 1.01. The van der Waals surface area contributed by atoms with Gasteiger partial charge in [0.2, 0.25) is 0 Å². The lowest BCUT2D eigenvalue weighted by molar-refractivity contribution is 0.350. The summed E-state index contributed by atoms with van der Waals surface area (Å²) in [7, 11) is 0. The van der Waals surface area contributed by atoms with Gasteiger partial charge in [0, 0.05) is 11.5 Å². The summed E-state index contributed by atoms with van der Waals surface area (Å²) in [5, 5.41) is 7.11. The third kappa shape index (κ3) is 17.8. The summed E-state index contributed by atoms with van der Waals surface area (Å²) in [5.74, 6) is 0. The molecule has 0 aliphatic carbocycles. The number of alkyl halides is 2. The lowest BCUT2D eigenvalue weighted by Gasteiger charge is -2.29. The highest BCUT2D eigenvalue weighted by molar-refractivity contribution is 6.44. The molecule has 1 N–H and O–H groups in total. The Labute approximate surface area is 232 Å². The molecule has 1 heterocycles. The summed E-state index contributed by atoms with van der Waals surface area (Å²) in [4.78, 5) is 11.4. The Balaban J connectivity index is 2.23. The predicted molar refractivity (Wildman–Crippen MR) is 160 cm³/mol. The smallest absolute Gasteiger partial charge is 0.264 e. The average molecular weight is 544 g/mol. The highest BCUT2D eigenvalue weighted by atomic mass is 35.5. The summed E-state index contributed by atoms with van der Waals surface area (Å²) in [6, 6.07) is 3.59. The fourth-order valence-electron chi connectivity index (χ4n) is 5.29. The van der Waals surface area contributed by atoms with Crippen molar-refractivity contribution in [3.05, 3.63) is 28.2 Å². The van der Waals surface area contributed by atoms with Gasteiger partial charge in [-0.1, -0.05) is 142 Å². The average Bonchev–Trinajstić information content (AvgIpc) is 2.86. The van der Waals surface area contributed by atoms with E-state index in [2.05, 4.69) is 24.0 Å². The molecule has 0 aromatic carbocycles. The van der Waals surface area contributed by atoms with Gasteiger partial charge >= 0.3 is 0 Å². The summed E-state index contributed by atoms with van der Waals surface area (Å²) < 4.78 is 0. The molecule has 0 aliphatic heterocycles. The lowest BCUT2D eigenvalue weighted by atomic mass is 9.77. The Bertz CT molecular complexity index is 658. The van der Waals surface area contributed by atoms with Crippen molar-refractivity contribution in [3.63, 3.8) is 0 Å². The van der Waals surface area contributed by atoms with E-state index in [1.165, 1.54) is 122 Å². The van der Waals surface area contributed by atoms with Gasteiger partial charge < -0.3 is 0 Å². The van der Waals surface area contributed by atoms with Crippen LogP contribution < -0.4 is 5.56 Å². The van der Waals surface area contributed by atoms with Crippen LogP contribution in [0.25, 0.3) is 0 Å². The molecule has 0 spiro atoms. The summed E-state index contributed by atoms with van der Waals surface area (Å²) >= 11 is 11.6. The van der Waals surface area contributed by atoms with Crippen molar-refractivity contribution in [2.24, 2.45) is 0 Å². The van der Waals surface area contributed by atoms with Crippen LogP contribution in [0.4, 0.5) is 0 Å². The molecule has 0 saturated carbocycles. The van der Waals surface area contributed by atoms with E-state index in [0.29, 0.717) is 0 Å². The second kappa shape index (κ2) is 22.4. The van der Waals surface area contributed by atoms with Crippen LogP contribution in [-0.2, 0) is 5.41 Å². The van der Waals surface area contributed by atoms with Gasteiger partial charge in [0.05, 0.1) is 5.69 Å². The van der Waals surface area contributed by atoms with E-state index in [9.17, 15) is 4.79 Å². The van der Waals surface area contributed by atoms with Crippen molar-refractivity contribution < 1.29 is 0 Å². The van der Waals surface area contributed by atoms with Crippen molar-refractivity contribution in [3.8, 4) is 0 Å². The van der Waals surface area contributed by atoms with Gasteiger partial charge in [-0.25, -0.2) is 5.10 Å². The maximum atomic E-state index is 11.6. The number of nitrogens with zero attached hydrogens (tertiary/aromatic N) is 1. The first kappa shape index (κ1) is 33.5. The molecule has 1 unspecified atom stereocenters. The molecule has 0 bridgehead atoms. The first-order valence-electron chi connectivity index (χ1n) is 15.3. The number of rotatable bonds is 25. The molecule has 3 nitrogen and oxygen atoms in total. The number of nitrogens with one attached hydrogen (secondary N) is 1. The van der Waals surface area contributed by atoms with Gasteiger partial charge in [-0.2, -0.15) is 5.10 Å². The van der Waals surface area contributed by atoms with Crippen LogP contribution in [0.1, 0.15) is 167 Å². The van der Waals surface area contributed by atoms with Gasteiger partial charge in [-0.15, -0.1) is 23.2 Å². The molecule has 0 saturated heterocycles. The Morgan fingerprint density at radius 2 is 1.11 bits per heavy atom. The molecule has 210 valence electrons. The molecular weight excluding hydrogens is 487 g/mol. The van der Waals surface area contributed by atoms with Gasteiger partial charge in [0.25, 0.3) is 5.56 Å². The minimum atomic E-state index is -0.197. The molecule has 0 radical (unpaired) electrons. The second-order valence-corrected chi connectivity index (χ2v) is 12.5. The van der Waals surface area contributed by atoms with Crippen LogP contribution in [-0.4, -0.2) is 15.0 Å². The van der Waals surface area contributed by atoms with Crippen LogP contribution in [0, 0.1) is 0 Å². The van der Waals surface area contributed by atoms with Gasteiger partial charge in [0.1, 0.15) is 4.84 Å². The monoisotopic (exact) mass is 542 g/mol. The van der Waals surface area contributed by atoms with E-state index in [1.807, 2.05) is 6.07 Å². The molecule has 0 fully saturated rings. The Morgan fingerprint density at radius 3 is 1.50 bits per heavy atom. The van der Waals surface area contributed by atoms with Crippen molar-refractivity contribution in [2.75, 3.05) is 0 Å². The third-order valence-corrected chi connectivity index (χ3v) is 8.22. The van der Waals surface area contributed by atoms with E-state index in [4.69, 9.17) is 23.2 Å². The number of aromatic nitrogens is 2. The fraction of sp³-hybridized carbons (Fsp3) is 0.871. The zero-order valence-electron chi connectivity index (χ0n) is 23.6. The minimum Gasteiger partial charge on any atom is -0.268 e. The van der Waals surface area contributed by atoms with Crippen LogP contribution in [0.15, 0.2) is 16.9 Å². The third-order valence-electron chi connectivity index (χ3n) is 7.78. The quantitative estimate of drug-likeness (QED) is 0.0985. The number of aromatic amines is 1. The van der Waals surface area contributed by atoms with E-state index in [0.717, 1.165) is 31.4 Å². The van der Waals surface area contributed by atoms with Crippen molar-refractivity contribution >= 4 is 23.2 Å². The predicted octanol–water partition coefficient (Wildman–Crippen LogP) is 10.8. The molecule has 5 heteroatoms. The largest absolute Gasteiger partial charge is 0.268 e. The Morgan fingerprint density at radius 1 is 0.694 bits per heavy atom. The van der Waals surface area contributed by atoms with E-state index >= 15 is 0 Å². The molecule has 1 atom stereocenters. The Hall–Kier alpha value is -0.540. The SMILES string of the molecule is CCCCCCCCCCCCCC(C)(CCCCCCCCCCCC(Cl)Cl)c1ccc(=O)[nH]n1. The number of unbranched alkanes of at least 4 members (excludes halogenated alkanes) is 18. The molecule has 0 aliphatic rings. The van der Waals surface area contributed by atoms with Gasteiger partial charge in [-0.05, 0) is 25.3 Å². The summed E-state index contributed by atoms with van der Waals surface area (Å²) in [6.07, 6.45) is 29.9. The minimum absolute atomic E-state index is 0.0617. The lowest BCUT2D eigenvalue weighted by Crippen LogP contribution is -2.25. The van der Waals surface area contributed by atoms with Crippen molar-refractivity contribution in [1.29, 1.82) is 0 Å². The van der Waals surface area contributed by atoms with E-state index in [1.54, 1.807) is 6.07 Å². The summed E-state index contributed by atoms with van der Waals surface area (Å²) in [6.45, 7) is 4.64. The molecule has 0 amide bonds. The van der Waals surface area contributed by atoms with E-state index in [-0.39, 0.29) is 15.8 Å². The van der Waals surface area contributed by atoms with Crippen LogP contribution in [0.3, 0.4) is 0 Å². The van der Waals surface area contributed by atoms with Gasteiger partial charge in [0.15, 0.2) is 0 Å². The van der Waals surface area contributed by atoms with Crippen LogP contribution in [0.2, 0.25) is 0 Å². The Kier molecular flexibility index (Phi) is 20.9. The van der Waals surface area contributed by atoms with Crippen LogP contribution in [0.5, 0.6) is 0 Å². The fourth-order valence-corrected chi connectivity index (χ4v) is 5.60. The van der Waals surface area contributed by atoms with Crippen molar-refractivity contribution in [2.45, 2.75) is 172 Å². The first-order chi connectivity index (χ1) is 17.5. The zero-order chi connectivity index (χ0) is 26.3. The molecular formula is C31H56Cl2N2O. The van der Waals surface area contributed by atoms with Crippen molar-refractivity contribution in [1.82, 2.24) is 10.2 Å². The van der Waals surface area contributed by atoms with Crippen LogP contribution >= 0.6 is 23.2 Å². The highest BCUT2D eigenvalue weighted by Crippen LogP contribution is 2.34. The molecule has 1 aromatic rings. The second-order valence-electron chi connectivity index (χ2n) is 11.3. The zero-order valence-corrected chi connectivity index (χ0v) is 25.1. The standard InChI is InChI=1S/C31H56Cl2N2O/c1-3-4-5-6-7-8-9-12-15-18-21-26-31(2,28-24-25-30(36)35-34-28)27-22-19-16-13-10-11-14-17-20-23-29(32)33/h24-25,29H,3-23,26-27H2,1-2H3,(H,35,36). The molecule has 1 rings (SSSR count). The normalized spacial score (nSPS) is 13.4. The highest BCUT2D eigenvalue weighted by Gasteiger charge is 2.27. The topological polar surface area (TPSA) is 45.8 Å². The number of halogens is 2. The maximum absolute atomic E-state index is 11.6. The maximum Gasteiger partial charge on any atom is 0.264 e. The van der Waals surface area contributed by atoms with E-state index < -0.39 is 0 Å². The molecule has 36 heavy (non-hydrogen) atoms. The first-order valence-corrected chi connectivity index (χ1v) is 16.2. The molecule has 1 aromatic heterocycles.